The topological polar surface area (TPSA) is 42.3 Å². The van der Waals surface area contributed by atoms with E-state index in [9.17, 15) is 9.59 Å². The normalized spacial score (nSPS) is 15.0. The summed E-state index contributed by atoms with van der Waals surface area (Å²) < 4.78 is 1.92. The highest BCUT2D eigenvalue weighted by molar-refractivity contribution is 6.09. The molecule has 22 heavy (non-hydrogen) atoms. The Hall–Kier alpha value is -2.10. The smallest absolute Gasteiger partial charge is 0.242 e. The van der Waals surface area contributed by atoms with Crippen molar-refractivity contribution in [1.29, 1.82) is 0 Å². The van der Waals surface area contributed by atoms with E-state index >= 15 is 0 Å². The lowest BCUT2D eigenvalue weighted by atomic mass is 10.0. The van der Waals surface area contributed by atoms with Crippen molar-refractivity contribution in [3.05, 3.63) is 36.0 Å². The molecule has 0 spiro atoms. The van der Waals surface area contributed by atoms with Gasteiger partial charge in [0.05, 0.1) is 0 Å². The third kappa shape index (κ3) is 2.65. The SMILES string of the molecule is CC(C)C(=O)c1cn(CC(=O)N2CCCC2)c2ccccc12. The summed E-state index contributed by atoms with van der Waals surface area (Å²) in [7, 11) is 0. The number of aromatic nitrogens is 1. The predicted octanol–water partition coefficient (Wildman–Crippen LogP) is 3.10. The highest BCUT2D eigenvalue weighted by Gasteiger charge is 2.21. The average Bonchev–Trinajstić information content (AvgIpc) is 3.15. The molecule has 116 valence electrons. The van der Waals surface area contributed by atoms with E-state index in [0.29, 0.717) is 6.54 Å². The number of benzene rings is 1. The molecule has 2 aromatic rings. The van der Waals surface area contributed by atoms with Crippen LogP contribution in [-0.4, -0.2) is 34.2 Å². The third-order valence-electron chi connectivity index (χ3n) is 4.34. The number of nitrogens with zero attached hydrogens (tertiary/aromatic N) is 2. The van der Waals surface area contributed by atoms with Gasteiger partial charge in [0.1, 0.15) is 6.54 Å². The van der Waals surface area contributed by atoms with Crippen LogP contribution in [0.5, 0.6) is 0 Å². The van der Waals surface area contributed by atoms with Crippen molar-refractivity contribution in [2.45, 2.75) is 33.2 Å². The minimum Gasteiger partial charge on any atom is -0.341 e. The van der Waals surface area contributed by atoms with Gasteiger partial charge in [0.2, 0.25) is 5.91 Å². The standard InChI is InChI=1S/C18H22N2O2/c1-13(2)18(22)15-11-20(16-8-4-3-7-14(15)16)12-17(21)19-9-5-6-10-19/h3-4,7-8,11,13H,5-6,9-10,12H2,1-2H3. The number of ketones is 1. The number of hydrogen-bond donors (Lipinski definition) is 0. The van der Waals surface area contributed by atoms with Gasteiger partial charge in [0.15, 0.2) is 5.78 Å². The first kappa shape index (κ1) is 14.8. The third-order valence-corrected chi connectivity index (χ3v) is 4.34. The molecule has 1 aromatic carbocycles. The summed E-state index contributed by atoms with van der Waals surface area (Å²) >= 11 is 0. The maximum Gasteiger partial charge on any atom is 0.242 e. The lowest BCUT2D eigenvalue weighted by molar-refractivity contribution is -0.130. The van der Waals surface area contributed by atoms with Crippen molar-refractivity contribution in [3.8, 4) is 0 Å². The number of rotatable bonds is 4. The van der Waals surface area contributed by atoms with Crippen molar-refractivity contribution in [1.82, 2.24) is 9.47 Å². The van der Waals surface area contributed by atoms with E-state index in [1.165, 1.54) is 0 Å². The number of likely N-dealkylation sites (tertiary alicyclic amines) is 1. The second kappa shape index (κ2) is 5.95. The molecule has 4 nitrogen and oxygen atoms in total. The van der Waals surface area contributed by atoms with Gasteiger partial charge >= 0.3 is 0 Å². The fraction of sp³-hybridized carbons (Fsp3) is 0.444. The number of amides is 1. The van der Waals surface area contributed by atoms with Gasteiger partial charge in [0, 0.05) is 41.7 Å². The Kier molecular flexibility index (Phi) is 4.01. The Bertz CT molecular complexity index is 709. The second-order valence-corrected chi connectivity index (χ2v) is 6.29. The molecule has 1 saturated heterocycles. The lowest BCUT2D eigenvalue weighted by Gasteiger charge is -2.16. The van der Waals surface area contributed by atoms with Crippen LogP contribution in [0.2, 0.25) is 0 Å². The molecule has 0 unspecified atom stereocenters. The molecule has 1 aliphatic heterocycles. The van der Waals surface area contributed by atoms with Gasteiger partial charge in [0.25, 0.3) is 0 Å². The largest absolute Gasteiger partial charge is 0.341 e. The van der Waals surface area contributed by atoms with Gasteiger partial charge < -0.3 is 9.47 Å². The Morgan fingerprint density at radius 3 is 2.50 bits per heavy atom. The number of fused-ring (bicyclic) bond motifs is 1. The first-order valence-electron chi connectivity index (χ1n) is 7.98. The summed E-state index contributed by atoms with van der Waals surface area (Å²) in [5.74, 6) is 0.221. The molecule has 0 bridgehead atoms. The fourth-order valence-corrected chi connectivity index (χ4v) is 3.10. The van der Waals surface area contributed by atoms with E-state index in [1.54, 1.807) is 0 Å². The van der Waals surface area contributed by atoms with Crippen LogP contribution < -0.4 is 0 Å². The monoisotopic (exact) mass is 298 g/mol. The molecule has 1 amide bonds. The highest BCUT2D eigenvalue weighted by atomic mass is 16.2. The van der Waals surface area contributed by atoms with Crippen LogP contribution in [0.1, 0.15) is 37.0 Å². The maximum atomic E-state index is 12.4. The number of carbonyl (C=O) groups excluding carboxylic acids is 2. The summed E-state index contributed by atoms with van der Waals surface area (Å²) in [6.45, 7) is 5.84. The summed E-state index contributed by atoms with van der Waals surface area (Å²) in [6.07, 6.45) is 4.03. The first-order valence-corrected chi connectivity index (χ1v) is 7.98. The van der Waals surface area contributed by atoms with Gasteiger partial charge in [-0.1, -0.05) is 32.0 Å². The van der Waals surface area contributed by atoms with E-state index in [4.69, 9.17) is 0 Å². The summed E-state index contributed by atoms with van der Waals surface area (Å²) in [6, 6.07) is 7.82. The Balaban J connectivity index is 1.95. The molecule has 1 aromatic heterocycles. The first-order chi connectivity index (χ1) is 10.6. The van der Waals surface area contributed by atoms with Crippen LogP contribution in [0.3, 0.4) is 0 Å². The van der Waals surface area contributed by atoms with Crippen molar-refractivity contribution in [2.75, 3.05) is 13.1 Å². The summed E-state index contributed by atoms with van der Waals surface area (Å²) in [5.41, 5.74) is 1.68. The van der Waals surface area contributed by atoms with Crippen LogP contribution in [0.25, 0.3) is 10.9 Å². The van der Waals surface area contributed by atoms with Crippen LogP contribution in [-0.2, 0) is 11.3 Å². The fourth-order valence-electron chi connectivity index (χ4n) is 3.10. The van der Waals surface area contributed by atoms with E-state index in [1.807, 2.05) is 53.8 Å². The van der Waals surface area contributed by atoms with Crippen LogP contribution in [0.15, 0.2) is 30.5 Å². The zero-order valence-corrected chi connectivity index (χ0v) is 13.2. The van der Waals surface area contributed by atoms with E-state index < -0.39 is 0 Å². The Morgan fingerprint density at radius 1 is 1.14 bits per heavy atom. The van der Waals surface area contributed by atoms with Crippen LogP contribution >= 0.6 is 0 Å². The molecule has 0 N–H and O–H groups in total. The summed E-state index contributed by atoms with van der Waals surface area (Å²) in [4.78, 5) is 26.7. The molecule has 2 heterocycles. The Morgan fingerprint density at radius 2 is 1.82 bits per heavy atom. The van der Waals surface area contributed by atoms with E-state index in [0.717, 1.165) is 42.4 Å². The zero-order valence-electron chi connectivity index (χ0n) is 13.2. The molecule has 3 rings (SSSR count). The number of Topliss-reactive ketones (excluding diaryl/α,β-unsaturated/α-hetero) is 1. The van der Waals surface area contributed by atoms with Crippen molar-refractivity contribution in [3.63, 3.8) is 0 Å². The van der Waals surface area contributed by atoms with Gasteiger partial charge in [-0.2, -0.15) is 0 Å². The molecule has 4 heteroatoms. The predicted molar refractivity (Wildman–Crippen MR) is 86.9 cm³/mol. The molecule has 1 fully saturated rings. The average molecular weight is 298 g/mol. The Labute approximate surface area is 130 Å². The van der Waals surface area contributed by atoms with Gasteiger partial charge in [-0.05, 0) is 18.9 Å². The molecular weight excluding hydrogens is 276 g/mol. The molecule has 0 aliphatic carbocycles. The minimum absolute atomic E-state index is 0.0476. The molecule has 1 aliphatic rings. The van der Waals surface area contributed by atoms with Gasteiger partial charge in [-0.3, -0.25) is 9.59 Å². The van der Waals surface area contributed by atoms with Crippen LogP contribution in [0.4, 0.5) is 0 Å². The van der Waals surface area contributed by atoms with Crippen molar-refractivity contribution in [2.24, 2.45) is 5.92 Å². The number of para-hydroxylation sites is 1. The minimum atomic E-state index is -0.0476. The highest BCUT2D eigenvalue weighted by Crippen LogP contribution is 2.24. The van der Waals surface area contributed by atoms with Crippen molar-refractivity contribution < 1.29 is 9.59 Å². The maximum absolute atomic E-state index is 12.4. The second-order valence-electron chi connectivity index (χ2n) is 6.29. The quantitative estimate of drug-likeness (QED) is 0.814. The molecule has 0 radical (unpaired) electrons. The van der Waals surface area contributed by atoms with Gasteiger partial charge in [-0.25, -0.2) is 0 Å². The zero-order chi connectivity index (χ0) is 15.7. The van der Waals surface area contributed by atoms with E-state index in [-0.39, 0.29) is 17.6 Å². The molecular formula is C18H22N2O2. The molecule has 0 saturated carbocycles. The lowest BCUT2D eigenvalue weighted by Crippen LogP contribution is -2.30. The van der Waals surface area contributed by atoms with Crippen LogP contribution in [0, 0.1) is 5.92 Å². The van der Waals surface area contributed by atoms with E-state index in [2.05, 4.69) is 0 Å². The number of hydrogen-bond acceptors (Lipinski definition) is 2. The summed E-state index contributed by atoms with van der Waals surface area (Å²) in [5, 5.41) is 0.940. The van der Waals surface area contributed by atoms with Crippen molar-refractivity contribution >= 4 is 22.6 Å². The molecule has 0 atom stereocenters. The van der Waals surface area contributed by atoms with Gasteiger partial charge in [-0.15, -0.1) is 0 Å². The number of carbonyl (C=O) groups is 2.